The summed E-state index contributed by atoms with van der Waals surface area (Å²) < 4.78 is 11.3. The Bertz CT molecular complexity index is 698. The Morgan fingerprint density at radius 3 is 2.33 bits per heavy atom. The molecule has 0 saturated heterocycles. The average Bonchev–Trinajstić information content (AvgIpc) is 2.46. The second-order valence-corrected chi connectivity index (χ2v) is 5.74. The fraction of sp³-hybridized carbons (Fsp3) is 0.188. The third kappa shape index (κ3) is 3.06. The molecule has 0 fully saturated rings. The van der Waals surface area contributed by atoms with Gasteiger partial charge in [-0.3, -0.25) is 4.79 Å². The van der Waals surface area contributed by atoms with E-state index >= 15 is 0 Å². The smallest absolute Gasteiger partial charge is 0.197 e. The van der Waals surface area contributed by atoms with E-state index in [0.717, 1.165) is 10.0 Å². The molecule has 2 rings (SSSR count). The molecule has 0 unspecified atom stereocenters. The number of carbonyl (C=O) groups is 1. The number of hydrogen-bond acceptors (Lipinski definition) is 3. The molecule has 5 heteroatoms. The first kappa shape index (κ1) is 15.9. The molecule has 2 aromatic carbocycles. The Labute approximate surface area is 137 Å². The van der Waals surface area contributed by atoms with Crippen molar-refractivity contribution in [3.8, 4) is 11.5 Å². The van der Waals surface area contributed by atoms with Gasteiger partial charge in [-0.1, -0.05) is 27.5 Å². The maximum absolute atomic E-state index is 12.7. The quantitative estimate of drug-likeness (QED) is 0.735. The molecule has 0 amide bonds. The van der Waals surface area contributed by atoms with Crippen molar-refractivity contribution in [3.05, 3.63) is 56.5 Å². The lowest BCUT2D eigenvalue weighted by molar-refractivity contribution is 0.103. The van der Waals surface area contributed by atoms with Crippen LogP contribution in [0, 0.1) is 6.92 Å². The van der Waals surface area contributed by atoms with Gasteiger partial charge in [-0.25, -0.2) is 0 Å². The maximum Gasteiger partial charge on any atom is 0.197 e. The van der Waals surface area contributed by atoms with Crippen LogP contribution < -0.4 is 9.47 Å². The van der Waals surface area contributed by atoms with Gasteiger partial charge in [-0.2, -0.15) is 0 Å². The van der Waals surface area contributed by atoms with Crippen molar-refractivity contribution < 1.29 is 14.3 Å². The van der Waals surface area contributed by atoms with Crippen LogP contribution >= 0.6 is 27.5 Å². The molecule has 0 aliphatic rings. The molecule has 0 radical (unpaired) electrons. The molecule has 0 aliphatic carbocycles. The number of benzene rings is 2. The summed E-state index contributed by atoms with van der Waals surface area (Å²) in [5, 5.41) is 0.292. The average molecular weight is 370 g/mol. The van der Waals surface area contributed by atoms with Crippen LogP contribution in [0.15, 0.2) is 34.8 Å². The monoisotopic (exact) mass is 368 g/mol. The van der Waals surface area contributed by atoms with Crippen LogP contribution in [0.3, 0.4) is 0 Å². The summed E-state index contributed by atoms with van der Waals surface area (Å²) in [7, 11) is 2.99. The van der Waals surface area contributed by atoms with E-state index < -0.39 is 0 Å². The van der Waals surface area contributed by atoms with Crippen molar-refractivity contribution in [2.75, 3.05) is 14.2 Å². The van der Waals surface area contributed by atoms with Crippen LogP contribution in [0.2, 0.25) is 5.02 Å². The molecule has 110 valence electrons. The highest BCUT2D eigenvalue weighted by molar-refractivity contribution is 9.10. The molecule has 2 aromatic rings. The zero-order valence-corrected chi connectivity index (χ0v) is 14.2. The molecular weight excluding hydrogens is 356 g/mol. The lowest BCUT2D eigenvalue weighted by Crippen LogP contribution is -2.06. The van der Waals surface area contributed by atoms with Gasteiger partial charge in [0.1, 0.15) is 10.8 Å². The van der Waals surface area contributed by atoms with Crippen LogP contribution in [-0.2, 0) is 0 Å². The van der Waals surface area contributed by atoms with E-state index in [0.29, 0.717) is 27.6 Å². The van der Waals surface area contributed by atoms with Crippen LogP contribution in [0.4, 0.5) is 0 Å². The van der Waals surface area contributed by atoms with Crippen molar-refractivity contribution in [2.24, 2.45) is 0 Å². The van der Waals surface area contributed by atoms with Gasteiger partial charge in [0.05, 0.1) is 19.8 Å². The summed E-state index contributed by atoms with van der Waals surface area (Å²) in [6.45, 7) is 1.88. The summed E-state index contributed by atoms with van der Waals surface area (Å²) in [6.07, 6.45) is 0. The molecule has 0 aliphatic heterocycles. The Morgan fingerprint density at radius 1 is 1.10 bits per heavy atom. The molecule has 0 spiro atoms. The maximum atomic E-state index is 12.7. The predicted octanol–water partition coefficient (Wildman–Crippen LogP) is 4.66. The molecule has 0 heterocycles. The second-order valence-electron chi connectivity index (χ2n) is 4.45. The fourth-order valence-electron chi connectivity index (χ4n) is 2.10. The number of carbonyl (C=O) groups excluding carboxylic acids is 1. The molecule has 0 atom stereocenters. The SMILES string of the molecule is COc1ccc(C(=O)c2ccc(Br)cc2C)c(OC)c1Cl. The molecule has 0 aromatic heterocycles. The van der Waals surface area contributed by atoms with Crippen molar-refractivity contribution in [2.45, 2.75) is 6.92 Å². The van der Waals surface area contributed by atoms with Crippen LogP contribution in [0.1, 0.15) is 21.5 Å². The summed E-state index contributed by atoms with van der Waals surface area (Å²) in [4.78, 5) is 12.7. The number of methoxy groups -OCH3 is 2. The number of ether oxygens (including phenoxy) is 2. The lowest BCUT2D eigenvalue weighted by atomic mass is 9.98. The Kier molecular flexibility index (Phi) is 4.91. The molecule has 3 nitrogen and oxygen atoms in total. The van der Waals surface area contributed by atoms with Crippen molar-refractivity contribution in [1.82, 2.24) is 0 Å². The minimum atomic E-state index is -0.138. The molecule has 21 heavy (non-hydrogen) atoms. The highest BCUT2D eigenvalue weighted by atomic mass is 79.9. The summed E-state index contributed by atoms with van der Waals surface area (Å²) >= 11 is 9.59. The zero-order chi connectivity index (χ0) is 15.6. The van der Waals surface area contributed by atoms with E-state index in [1.54, 1.807) is 18.2 Å². The van der Waals surface area contributed by atoms with E-state index in [1.807, 2.05) is 19.1 Å². The highest BCUT2D eigenvalue weighted by Crippen LogP contribution is 2.38. The van der Waals surface area contributed by atoms with E-state index in [9.17, 15) is 4.79 Å². The number of ketones is 1. The number of halogens is 2. The van der Waals surface area contributed by atoms with Crippen LogP contribution in [0.5, 0.6) is 11.5 Å². The fourth-order valence-corrected chi connectivity index (χ4v) is 2.90. The normalized spacial score (nSPS) is 10.3. The summed E-state index contributed by atoms with van der Waals surface area (Å²) in [5.41, 5.74) is 1.90. The minimum absolute atomic E-state index is 0.138. The number of rotatable bonds is 4. The van der Waals surface area contributed by atoms with Crippen molar-refractivity contribution >= 4 is 33.3 Å². The number of hydrogen-bond donors (Lipinski definition) is 0. The first-order valence-electron chi connectivity index (χ1n) is 6.21. The van der Waals surface area contributed by atoms with Gasteiger partial charge in [0.2, 0.25) is 0 Å². The Hall–Kier alpha value is -1.52. The second kappa shape index (κ2) is 6.50. The van der Waals surface area contributed by atoms with Gasteiger partial charge in [-0.15, -0.1) is 0 Å². The zero-order valence-electron chi connectivity index (χ0n) is 11.9. The topological polar surface area (TPSA) is 35.5 Å². The summed E-state index contributed by atoms with van der Waals surface area (Å²) in [6, 6.07) is 8.82. The molecule has 0 bridgehead atoms. The van der Waals surface area contributed by atoms with Crippen molar-refractivity contribution in [1.29, 1.82) is 0 Å². The van der Waals surface area contributed by atoms with E-state index in [2.05, 4.69) is 15.9 Å². The van der Waals surface area contributed by atoms with E-state index in [-0.39, 0.29) is 5.78 Å². The molecular formula is C16H14BrClO3. The largest absolute Gasteiger partial charge is 0.495 e. The van der Waals surface area contributed by atoms with Crippen LogP contribution in [0.25, 0.3) is 0 Å². The highest BCUT2D eigenvalue weighted by Gasteiger charge is 2.21. The first-order chi connectivity index (χ1) is 9.99. The Morgan fingerprint density at radius 2 is 1.76 bits per heavy atom. The third-order valence-corrected chi connectivity index (χ3v) is 4.01. The standard InChI is InChI=1S/C16H14BrClO3/c1-9-8-10(17)4-5-11(9)15(19)12-6-7-13(20-2)14(18)16(12)21-3/h4-8H,1-3H3. The van der Waals surface area contributed by atoms with Gasteiger partial charge in [0.25, 0.3) is 0 Å². The van der Waals surface area contributed by atoms with Gasteiger partial charge >= 0.3 is 0 Å². The van der Waals surface area contributed by atoms with Crippen molar-refractivity contribution in [3.63, 3.8) is 0 Å². The lowest BCUT2D eigenvalue weighted by Gasteiger charge is -2.13. The minimum Gasteiger partial charge on any atom is -0.495 e. The molecule has 0 N–H and O–H groups in total. The van der Waals surface area contributed by atoms with Crippen LogP contribution in [-0.4, -0.2) is 20.0 Å². The third-order valence-electron chi connectivity index (χ3n) is 3.16. The predicted molar refractivity (Wildman–Crippen MR) is 86.9 cm³/mol. The number of aryl methyl sites for hydroxylation is 1. The van der Waals surface area contributed by atoms with E-state index in [4.69, 9.17) is 21.1 Å². The molecule has 0 saturated carbocycles. The first-order valence-corrected chi connectivity index (χ1v) is 7.38. The van der Waals surface area contributed by atoms with Gasteiger partial charge in [0.15, 0.2) is 11.5 Å². The Balaban J connectivity index is 2.55. The van der Waals surface area contributed by atoms with E-state index in [1.165, 1.54) is 14.2 Å². The van der Waals surface area contributed by atoms with Gasteiger partial charge in [-0.05, 0) is 42.8 Å². The van der Waals surface area contributed by atoms with Gasteiger partial charge < -0.3 is 9.47 Å². The van der Waals surface area contributed by atoms with Gasteiger partial charge in [0, 0.05) is 10.0 Å². The summed E-state index contributed by atoms with van der Waals surface area (Å²) in [5.74, 6) is 0.655.